The average Bonchev–Trinajstić information content (AvgIpc) is 2.53. The number of pyridine rings is 1. The largest absolute Gasteiger partial charge is 0.356 e. The van der Waals surface area contributed by atoms with Crippen LogP contribution in [0.5, 0.6) is 0 Å². The quantitative estimate of drug-likeness (QED) is 0.450. The molecule has 1 aromatic heterocycles. The first kappa shape index (κ1) is 18.3. The Morgan fingerprint density at radius 1 is 1.14 bits per heavy atom. The molecule has 0 saturated heterocycles. The molecule has 0 unspecified atom stereocenters. The van der Waals surface area contributed by atoms with Gasteiger partial charge in [-0.3, -0.25) is 9.98 Å². The van der Waals surface area contributed by atoms with Gasteiger partial charge in [-0.2, -0.15) is 0 Å². The predicted molar refractivity (Wildman–Crippen MR) is 98.0 cm³/mol. The second-order valence-corrected chi connectivity index (χ2v) is 4.52. The van der Waals surface area contributed by atoms with E-state index in [-0.39, 0.29) is 29.8 Å². The van der Waals surface area contributed by atoms with E-state index in [1.807, 2.05) is 18.2 Å². The molecule has 0 fully saturated rings. The Kier molecular flexibility index (Phi) is 8.42. The molecular weight excluding hydrogens is 394 g/mol. The second kappa shape index (κ2) is 10.1. The summed E-state index contributed by atoms with van der Waals surface area (Å²) in [4.78, 5) is 8.10. The van der Waals surface area contributed by atoms with E-state index in [4.69, 9.17) is 0 Å². The lowest BCUT2D eigenvalue weighted by atomic mass is 10.1. The van der Waals surface area contributed by atoms with E-state index < -0.39 is 0 Å². The SMILES string of the molecule is CN=C(NCCc1ccccc1)NCc1ncccc1F.I. The van der Waals surface area contributed by atoms with Crippen LogP contribution in [0.3, 0.4) is 0 Å². The van der Waals surface area contributed by atoms with Crippen molar-refractivity contribution in [3.63, 3.8) is 0 Å². The zero-order valence-electron chi connectivity index (χ0n) is 12.4. The molecule has 1 aromatic carbocycles. The van der Waals surface area contributed by atoms with Crippen molar-refractivity contribution in [3.8, 4) is 0 Å². The van der Waals surface area contributed by atoms with Crippen LogP contribution >= 0.6 is 24.0 Å². The summed E-state index contributed by atoms with van der Waals surface area (Å²) in [5, 5.41) is 6.25. The first-order chi connectivity index (χ1) is 10.3. The molecular formula is C16H20FIN4. The van der Waals surface area contributed by atoms with Crippen molar-refractivity contribution in [2.45, 2.75) is 13.0 Å². The maximum atomic E-state index is 13.5. The van der Waals surface area contributed by atoms with E-state index in [2.05, 4.69) is 32.7 Å². The first-order valence-corrected chi connectivity index (χ1v) is 6.87. The van der Waals surface area contributed by atoms with E-state index in [9.17, 15) is 4.39 Å². The highest BCUT2D eigenvalue weighted by molar-refractivity contribution is 14.0. The fourth-order valence-electron chi connectivity index (χ4n) is 1.91. The third kappa shape index (κ3) is 5.97. The Bertz CT molecular complexity index is 590. The number of nitrogens with zero attached hydrogens (tertiary/aromatic N) is 2. The summed E-state index contributed by atoms with van der Waals surface area (Å²) in [5.41, 5.74) is 1.64. The number of aromatic nitrogens is 1. The van der Waals surface area contributed by atoms with Crippen LogP contribution < -0.4 is 10.6 Å². The maximum absolute atomic E-state index is 13.5. The van der Waals surface area contributed by atoms with Gasteiger partial charge in [0.1, 0.15) is 5.82 Å². The third-order valence-corrected chi connectivity index (χ3v) is 3.03. The van der Waals surface area contributed by atoms with Crippen LogP contribution in [0.25, 0.3) is 0 Å². The van der Waals surface area contributed by atoms with Gasteiger partial charge in [0, 0.05) is 19.8 Å². The molecule has 0 saturated carbocycles. The smallest absolute Gasteiger partial charge is 0.191 e. The van der Waals surface area contributed by atoms with Crippen LogP contribution in [0.2, 0.25) is 0 Å². The van der Waals surface area contributed by atoms with Gasteiger partial charge in [0.2, 0.25) is 0 Å². The molecule has 0 radical (unpaired) electrons. The average molecular weight is 414 g/mol. The number of nitrogens with one attached hydrogen (secondary N) is 2. The Hall–Kier alpha value is -1.70. The van der Waals surface area contributed by atoms with Crippen molar-refractivity contribution in [1.82, 2.24) is 15.6 Å². The summed E-state index contributed by atoms with van der Waals surface area (Å²) < 4.78 is 13.5. The van der Waals surface area contributed by atoms with Gasteiger partial charge in [-0.05, 0) is 24.1 Å². The lowest BCUT2D eigenvalue weighted by Crippen LogP contribution is -2.38. The number of guanidine groups is 1. The fraction of sp³-hybridized carbons (Fsp3) is 0.250. The second-order valence-electron chi connectivity index (χ2n) is 4.52. The lowest BCUT2D eigenvalue weighted by molar-refractivity contribution is 0.592. The van der Waals surface area contributed by atoms with E-state index in [1.165, 1.54) is 11.6 Å². The predicted octanol–water partition coefficient (Wildman–Crippen LogP) is 2.75. The number of hydrogen-bond acceptors (Lipinski definition) is 2. The van der Waals surface area contributed by atoms with E-state index >= 15 is 0 Å². The Morgan fingerprint density at radius 3 is 2.59 bits per heavy atom. The highest BCUT2D eigenvalue weighted by Crippen LogP contribution is 2.01. The summed E-state index contributed by atoms with van der Waals surface area (Å²) in [6.45, 7) is 1.06. The molecule has 0 spiro atoms. The first-order valence-electron chi connectivity index (χ1n) is 6.87. The molecule has 2 N–H and O–H groups in total. The maximum Gasteiger partial charge on any atom is 0.191 e. The van der Waals surface area contributed by atoms with Gasteiger partial charge in [0.15, 0.2) is 5.96 Å². The van der Waals surface area contributed by atoms with Gasteiger partial charge >= 0.3 is 0 Å². The third-order valence-electron chi connectivity index (χ3n) is 3.03. The van der Waals surface area contributed by atoms with Crippen molar-refractivity contribution >= 4 is 29.9 Å². The zero-order chi connectivity index (χ0) is 14.9. The summed E-state index contributed by atoms with van der Waals surface area (Å²) in [7, 11) is 1.69. The van der Waals surface area contributed by atoms with Crippen LogP contribution in [-0.4, -0.2) is 24.5 Å². The topological polar surface area (TPSA) is 49.3 Å². The molecule has 22 heavy (non-hydrogen) atoms. The van der Waals surface area contributed by atoms with Gasteiger partial charge < -0.3 is 10.6 Å². The summed E-state index contributed by atoms with van der Waals surface area (Å²) in [6.07, 6.45) is 2.48. The van der Waals surface area contributed by atoms with Crippen LogP contribution in [-0.2, 0) is 13.0 Å². The molecule has 0 aliphatic heterocycles. The molecule has 118 valence electrons. The molecule has 0 aliphatic rings. The number of aliphatic imine (C=N–C) groups is 1. The number of hydrogen-bond donors (Lipinski definition) is 2. The molecule has 1 heterocycles. The highest BCUT2D eigenvalue weighted by Gasteiger charge is 2.03. The summed E-state index contributed by atoms with van der Waals surface area (Å²) in [6, 6.07) is 13.2. The van der Waals surface area contributed by atoms with Crippen LogP contribution in [0.15, 0.2) is 53.7 Å². The van der Waals surface area contributed by atoms with E-state index in [0.717, 1.165) is 13.0 Å². The monoisotopic (exact) mass is 414 g/mol. The van der Waals surface area contributed by atoms with Crippen molar-refractivity contribution in [2.75, 3.05) is 13.6 Å². The molecule has 0 atom stereocenters. The lowest BCUT2D eigenvalue weighted by Gasteiger charge is -2.11. The fourth-order valence-corrected chi connectivity index (χ4v) is 1.91. The minimum absolute atomic E-state index is 0. The van der Waals surface area contributed by atoms with Gasteiger partial charge in [-0.15, -0.1) is 24.0 Å². The minimum Gasteiger partial charge on any atom is -0.356 e. The highest BCUT2D eigenvalue weighted by atomic mass is 127. The van der Waals surface area contributed by atoms with E-state index in [0.29, 0.717) is 18.2 Å². The van der Waals surface area contributed by atoms with Crippen LogP contribution in [0, 0.1) is 5.82 Å². The van der Waals surface area contributed by atoms with Crippen molar-refractivity contribution in [3.05, 3.63) is 65.7 Å². The number of rotatable bonds is 5. The normalized spacial score (nSPS) is 10.7. The number of halogens is 2. The van der Waals surface area contributed by atoms with Gasteiger partial charge in [-0.25, -0.2) is 4.39 Å². The summed E-state index contributed by atoms with van der Waals surface area (Å²) >= 11 is 0. The summed E-state index contributed by atoms with van der Waals surface area (Å²) in [5.74, 6) is 0.320. The Balaban J connectivity index is 0.00000242. The molecule has 0 amide bonds. The zero-order valence-corrected chi connectivity index (χ0v) is 14.8. The molecule has 0 aliphatic carbocycles. The molecule has 2 aromatic rings. The van der Waals surface area contributed by atoms with E-state index in [1.54, 1.807) is 19.3 Å². The Labute approximate surface area is 147 Å². The Morgan fingerprint density at radius 2 is 1.91 bits per heavy atom. The van der Waals surface area contributed by atoms with Gasteiger partial charge in [0.05, 0.1) is 12.2 Å². The molecule has 2 rings (SSSR count). The van der Waals surface area contributed by atoms with Crippen molar-refractivity contribution < 1.29 is 4.39 Å². The van der Waals surface area contributed by atoms with Gasteiger partial charge in [-0.1, -0.05) is 30.3 Å². The van der Waals surface area contributed by atoms with Crippen molar-refractivity contribution in [1.29, 1.82) is 0 Å². The standard InChI is InChI=1S/C16H19FN4.HI/c1-18-16(20-11-9-13-6-3-2-4-7-13)21-12-15-14(17)8-5-10-19-15;/h2-8,10H,9,11-12H2,1H3,(H2,18,20,21);1H. The van der Waals surface area contributed by atoms with Gasteiger partial charge in [0.25, 0.3) is 0 Å². The molecule has 6 heteroatoms. The van der Waals surface area contributed by atoms with Crippen molar-refractivity contribution in [2.24, 2.45) is 4.99 Å². The minimum atomic E-state index is -0.315. The number of benzene rings is 1. The van der Waals surface area contributed by atoms with Crippen LogP contribution in [0.1, 0.15) is 11.3 Å². The van der Waals surface area contributed by atoms with Crippen LogP contribution in [0.4, 0.5) is 4.39 Å². The molecule has 4 nitrogen and oxygen atoms in total. The molecule has 0 bridgehead atoms.